The second kappa shape index (κ2) is 8.96. The van der Waals surface area contributed by atoms with E-state index in [0.29, 0.717) is 18.8 Å². The number of nitrogens with zero attached hydrogens (tertiary/aromatic N) is 2. The number of hydrogen-bond acceptors (Lipinski definition) is 5. The van der Waals surface area contributed by atoms with Gasteiger partial charge in [-0.15, -0.1) is 11.3 Å². The van der Waals surface area contributed by atoms with Crippen molar-refractivity contribution in [1.29, 1.82) is 0 Å². The van der Waals surface area contributed by atoms with Crippen LogP contribution < -0.4 is 9.47 Å². The van der Waals surface area contributed by atoms with E-state index < -0.39 is 0 Å². The van der Waals surface area contributed by atoms with E-state index in [0.717, 1.165) is 37.2 Å². The average Bonchev–Trinajstić information content (AvgIpc) is 3.32. The Labute approximate surface area is 193 Å². The van der Waals surface area contributed by atoms with Crippen molar-refractivity contribution in [2.75, 3.05) is 33.9 Å². The first kappa shape index (κ1) is 21.0. The van der Waals surface area contributed by atoms with Crippen LogP contribution in [0.2, 0.25) is 0 Å². The normalized spacial score (nSPS) is 18.1. The lowest BCUT2D eigenvalue weighted by atomic mass is 9.93. The zero-order valence-corrected chi connectivity index (χ0v) is 19.4. The first-order chi connectivity index (χ1) is 15.7. The third-order valence-electron chi connectivity index (χ3n) is 6.59. The zero-order chi connectivity index (χ0) is 22.1. The molecule has 1 amide bonds. The number of amides is 1. The Hall–Kier alpha value is -2.83. The lowest BCUT2D eigenvalue weighted by molar-refractivity contribution is -0.133. The Morgan fingerprint density at radius 2 is 1.75 bits per heavy atom. The fourth-order valence-electron chi connectivity index (χ4n) is 4.93. The highest BCUT2D eigenvalue weighted by Gasteiger charge is 2.32. The minimum Gasteiger partial charge on any atom is -0.493 e. The van der Waals surface area contributed by atoms with E-state index in [1.807, 2.05) is 34.4 Å². The smallest absolute Gasteiger partial charge is 0.237 e. The van der Waals surface area contributed by atoms with Gasteiger partial charge >= 0.3 is 0 Å². The van der Waals surface area contributed by atoms with Crippen LogP contribution in [0.1, 0.15) is 33.2 Å². The number of rotatable bonds is 5. The van der Waals surface area contributed by atoms with Crippen LogP contribution >= 0.6 is 11.3 Å². The number of fused-ring (bicyclic) bond motifs is 2. The van der Waals surface area contributed by atoms with Gasteiger partial charge in [0.15, 0.2) is 11.5 Å². The Balaban J connectivity index is 1.36. The van der Waals surface area contributed by atoms with Crippen molar-refractivity contribution in [2.45, 2.75) is 25.4 Å². The molecule has 32 heavy (non-hydrogen) atoms. The van der Waals surface area contributed by atoms with Crippen LogP contribution in [-0.2, 0) is 24.2 Å². The molecular formula is C26H28N2O3S. The van der Waals surface area contributed by atoms with E-state index in [9.17, 15) is 4.79 Å². The fourth-order valence-corrected chi connectivity index (χ4v) is 5.84. The molecule has 5 nitrogen and oxygen atoms in total. The number of carbonyl (C=O) groups excluding carboxylic acids is 1. The van der Waals surface area contributed by atoms with Crippen LogP contribution in [0.3, 0.4) is 0 Å². The van der Waals surface area contributed by atoms with Gasteiger partial charge in [0.25, 0.3) is 0 Å². The summed E-state index contributed by atoms with van der Waals surface area (Å²) >= 11 is 1.83. The maximum absolute atomic E-state index is 13.4. The van der Waals surface area contributed by atoms with Crippen molar-refractivity contribution in [3.63, 3.8) is 0 Å². The van der Waals surface area contributed by atoms with Crippen LogP contribution in [0, 0.1) is 0 Å². The van der Waals surface area contributed by atoms with E-state index in [1.165, 1.54) is 21.6 Å². The summed E-state index contributed by atoms with van der Waals surface area (Å²) in [5.41, 5.74) is 4.97. The summed E-state index contributed by atoms with van der Waals surface area (Å²) in [5.74, 6) is 1.65. The van der Waals surface area contributed by atoms with Crippen molar-refractivity contribution in [3.05, 3.63) is 81.0 Å². The Kier molecular flexibility index (Phi) is 5.89. The summed E-state index contributed by atoms with van der Waals surface area (Å²) in [7, 11) is 3.30. The van der Waals surface area contributed by atoms with Gasteiger partial charge in [0.2, 0.25) is 5.91 Å². The van der Waals surface area contributed by atoms with Crippen molar-refractivity contribution in [3.8, 4) is 11.5 Å². The maximum Gasteiger partial charge on any atom is 0.237 e. The van der Waals surface area contributed by atoms with E-state index in [2.05, 4.69) is 40.6 Å². The standard InChI is InChI=1S/C26H28N2O3S/c1-30-22-14-19-8-11-27(16-20(19)15-23(22)31-2)25(29)17-28-12-9-24-21(10-13-32-24)26(28)18-6-4-3-5-7-18/h3-7,10,13-15,26H,8-9,11-12,16-17H2,1-2H3. The number of ether oxygens (including phenoxy) is 2. The van der Waals surface area contributed by atoms with Crippen molar-refractivity contribution in [1.82, 2.24) is 9.80 Å². The van der Waals surface area contributed by atoms with Gasteiger partial charge in [-0.2, -0.15) is 0 Å². The van der Waals surface area contributed by atoms with Crippen LogP contribution in [0.25, 0.3) is 0 Å². The predicted molar refractivity (Wildman–Crippen MR) is 127 cm³/mol. The molecule has 0 spiro atoms. The molecule has 1 atom stereocenters. The van der Waals surface area contributed by atoms with Gasteiger partial charge in [-0.1, -0.05) is 30.3 Å². The highest BCUT2D eigenvalue weighted by Crippen LogP contribution is 2.38. The van der Waals surface area contributed by atoms with Crippen molar-refractivity contribution < 1.29 is 14.3 Å². The van der Waals surface area contributed by atoms with Crippen LogP contribution in [-0.4, -0.2) is 49.6 Å². The molecule has 0 aliphatic carbocycles. The Morgan fingerprint density at radius 3 is 2.50 bits per heavy atom. The fraction of sp³-hybridized carbons (Fsp3) is 0.346. The van der Waals surface area contributed by atoms with E-state index in [1.54, 1.807) is 14.2 Å². The molecule has 2 aromatic carbocycles. The Morgan fingerprint density at radius 1 is 1.00 bits per heavy atom. The molecule has 0 N–H and O–H groups in total. The number of methoxy groups -OCH3 is 2. The minimum atomic E-state index is 0.136. The number of benzene rings is 2. The molecule has 0 radical (unpaired) electrons. The molecule has 0 saturated carbocycles. The van der Waals surface area contributed by atoms with Gasteiger partial charge in [-0.25, -0.2) is 0 Å². The third-order valence-corrected chi connectivity index (χ3v) is 7.59. The molecule has 1 aromatic heterocycles. The molecule has 2 aliphatic heterocycles. The summed E-state index contributed by atoms with van der Waals surface area (Å²) < 4.78 is 10.9. The molecule has 6 heteroatoms. The van der Waals surface area contributed by atoms with Gasteiger partial charge in [0.05, 0.1) is 26.8 Å². The second-order valence-corrected chi connectivity index (χ2v) is 9.37. The molecule has 0 fully saturated rings. The monoisotopic (exact) mass is 448 g/mol. The molecule has 1 unspecified atom stereocenters. The topological polar surface area (TPSA) is 42.0 Å². The lowest BCUT2D eigenvalue weighted by Crippen LogP contribution is -2.45. The number of hydrogen-bond donors (Lipinski definition) is 0. The van der Waals surface area contributed by atoms with Crippen LogP contribution in [0.15, 0.2) is 53.9 Å². The first-order valence-electron chi connectivity index (χ1n) is 11.0. The highest BCUT2D eigenvalue weighted by atomic mass is 32.1. The summed E-state index contributed by atoms with van der Waals surface area (Å²) in [6.45, 7) is 2.67. The van der Waals surface area contributed by atoms with Gasteiger partial charge in [-0.3, -0.25) is 9.69 Å². The van der Waals surface area contributed by atoms with Crippen molar-refractivity contribution in [2.24, 2.45) is 0 Å². The molecule has 0 saturated heterocycles. The van der Waals surface area contributed by atoms with Gasteiger partial charge in [-0.05, 0) is 58.7 Å². The summed E-state index contributed by atoms with van der Waals surface area (Å²) in [6, 6.07) is 17.0. The Bertz CT molecular complexity index is 1110. The first-order valence-corrected chi connectivity index (χ1v) is 11.9. The molecule has 3 heterocycles. The van der Waals surface area contributed by atoms with Crippen LogP contribution in [0.5, 0.6) is 11.5 Å². The second-order valence-electron chi connectivity index (χ2n) is 8.37. The molecule has 0 bridgehead atoms. The zero-order valence-electron chi connectivity index (χ0n) is 18.5. The predicted octanol–water partition coefficient (Wildman–Crippen LogP) is 4.30. The summed E-state index contributed by atoms with van der Waals surface area (Å²) in [4.78, 5) is 19.2. The van der Waals surface area contributed by atoms with Gasteiger partial charge in [0, 0.05) is 24.5 Å². The molecule has 166 valence electrons. The van der Waals surface area contributed by atoms with E-state index in [-0.39, 0.29) is 11.9 Å². The summed E-state index contributed by atoms with van der Waals surface area (Å²) in [5, 5.41) is 2.18. The number of carbonyl (C=O) groups is 1. The van der Waals surface area contributed by atoms with E-state index in [4.69, 9.17) is 9.47 Å². The van der Waals surface area contributed by atoms with Crippen LogP contribution in [0.4, 0.5) is 0 Å². The van der Waals surface area contributed by atoms with Gasteiger partial charge < -0.3 is 14.4 Å². The summed E-state index contributed by atoms with van der Waals surface area (Å²) in [6.07, 6.45) is 1.83. The quantitative estimate of drug-likeness (QED) is 0.584. The minimum absolute atomic E-state index is 0.136. The highest BCUT2D eigenvalue weighted by molar-refractivity contribution is 7.10. The van der Waals surface area contributed by atoms with Crippen molar-refractivity contribution >= 4 is 17.2 Å². The maximum atomic E-state index is 13.4. The third kappa shape index (κ3) is 3.89. The van der Waals surface area contributed by atoms with E-state index >= 15 is 0 Å². The largest absolute Gasteiger partial charge is 0.493 e. The number of thiophene rings is 1. The lowest BCUT2D eigenvalue weighted by Gasteiger charge is -2.38. The SMILES string of the molecule is COc1cc2c(cc1OC)CN(C(=O)CN1CCc3sccc3C1c1ccccc1)CC2. The molecule has 3 aromatic rings. The van der Waals surface area contributed by atoms with Gasteiger partial charge in [0.1, 0.15) is 0 Å². The molecule has 5 rings (SSSR count). The molecule has 2 aliphatic rings. The molecular weight excluding hydrogens is 420 g/mol. The average molecular weight is 449 g/mol.